The maximum atomic E-state index is 10.2. The predicted octanol–water partition coefficient (Wildman–Crippen LogP) is 2.68. The number of rotatable bonds is 5. The predicted molar refractivity (Wildman–Crippen MR) is 84.9 cm³/mol. The maximum absolute atomic E-state index is 10.2. The highest BCUT2D eigenvalue weighted by molar-refractivity contribution is 4.92. The molecular weight excluding hydrogens is 248 g/mol. The zero-order valence-corrected chi connectivity index (χ0v) is 13.6. The summed E-state index contributed by atoms with van der Waals surface area (Å²) < 4.78 is 0. The highest BCUT2D eigenvalue weighted by Gasteiger charge is 2.34. The molecule has 2 aliphatic rings. The van der Waals surface area contributed by atoms with Gasteiger partial charge in [-0.3, -0.25) is 0 Å². The summed E-state index contributed by atoms with van der Waals surface area (Å²) in [5, 5.41) is 17.5. The summed E-state index contributed by atoms with van der Waals surface area (Å²) >= 11 is 0. The Kier molecular flexibility index (Phi) is 5.88. The van der Waals surface area contributed by atoms with E-state index in [1.165, 1.54) is 45.1 Å². The molecular formula is C17H34N2O. The van der Waals surface area contributed by atoms with Crippen LogP contribution in [-0.2, 0) is 0 Å². The fourth-order valence-corrected chi connectivity index (χ4v) is 4.03. The molecule has 0 aromatic heterocycles. The van der Waals surface area contributed by atoms with Crippen LogP contribution in [0.2, 0.25) is 0 Å². The molecule has 1 aliphatic heterocycles. The van der Waals surface area contributed by atoms with E-state index in [1.807, 2.05) is 0 Å². The Morgan fingerprint density at radius 2 is 1.95 bits per heavy atom. The Morgan fingerprint density at radius 1 is 1.15 bits per heavy atom. The lowest BCUT2D eigenvalue weighted by molar-refractivity contribution is 0.112. The Labute approximate surface area is 124 Å². The fraction of sp³-hybridized carbons (Fsp3) is 1.00. The van der Waals surface area contributed by atoms with Gasteiger partial charge in [0.2, 0.25) is 0 Å². The minimum atomic E-state index is -0.212. The molecule has 0 bridgehead atoms. The first-order valence-corrected chi connectivity index (χ1v) is 8.60. The van der Waals surface area contributed by atoms with Crippen LogP contribution in [0.15, 0.2) is 0 Å². The molecule has 1 heterocycles. The van der Waals surface area contributed by atoms with Crippen LogP contribution in [0.4, 0.5) is 0 Å². The van der Waals surface area contributed by atoms with Gasteiger partial charge in [0, 0.05) is 18.6 Å². The molecule has 3 nitrogen and oxygen atoms in total. The van der Waals surface area contributed by atoms with Crippen molar-refractivity contribution in [2.75, 3.05) is 13.1 Å². The fourth-order valence-electron chi connectivity index (χ4n) is 4.03. The van der Waals surface area contributed by atoms with E-state index in [1.54, 1.807) is 0 Å². The van der Waals surface area contributed by atoms with Gasteiger partial charge in [0.15, 0.2) is 0 Å². The summed E-state index contributed by atoms with van der Waals surface area (Å²) in [7, 11) is 0. The first-order chi connectivity index (χ1) is 9.46. The first kappa shape index (κ1) is 16.3. The van der Waals surface area contributed by atoms with Crippen molar-refractivity contribution in [3.8, 4) is 0 Å². The lowest BCUT2D eigenvalue weighted by atomic mass is 9.87. The second-order valence-corrected chi connectivity index (χ2v) is 8.08. The number of aliphatic hydroxyl groups is 1. The molecule has 0 aromatic rings. The van der Waals surface area contributed by atoms with E-state index in [-0.39, 0.29) is 11.5 Å². The summed E-state index contributed by atoms with van der Waals surface area (Å²) in [4.78, 5) is 0. The maximum Gasteiger partial charge on any atom is 0.0669 e. The van der Waals surface area contributed by atoms with E-state index in [0.717, 1.165) is 18.9 Å². The quantitative estimate of drug-likeness (QED) is 0.726. The summed E-state index contributed by atoms with van der Waals surface area (Å²) in [6.45, 7) is 8.54. The number of hydrogen-bond acceptors (Lipinski definition) is 3. The Hall–Kier alpha value is -0.120. The number of nitrogens with one attached hydrogen (secondary N) is 2. The van der Waals surface area contributed by atoms with E-state index < -0.39 is 0 Å². The molecule has 0 spiro atoms. The normalized spacial score (nSPS) is 33.3. The molecule has 20 heavy (non-hydrogen) atoms. The standard InChI is InChI=1S/C17H34N2O/c1-17(2,3)11-13(20)12-19-16-9-6-7-14(16)15-8-4-5-10-18-15/h13-16,18-20H,4-12H2,1-3H3. The van der Waals surface area contributed by atoms with Gasteiger partial charge in [-0.25, -0.2) is 0 Å². The van der Waals surface area contributed by atoms with Gasteiger partial charge in [-0.2, -0.15) is 0 Å². The van der Waals surface area contributed by atoms with Gasteiger partial charge in [0.1, 0.15) is 0 Å². The van der Waals surface area contributed by atoms with Crippen molar-refractivity contribution in [3.05, 3.63) is 0 Å². The number of piperidine rings is 1. The Bertz CT molecular complexity index is 281. The average Bonchev–Trinajstić information content (AvgIpc) is 2.83. The topological polar surface area (TPSA) is 44.3 Å². The van der Waals surface area contributed by atoms with Crippen molar-refractivity contribution in [2.45, 2.75) is 83.9 Å². The first-order valence-electron chi connectivity index (χ1n) is 8.60. The van der Waals surface area contributed by atoms with Crippen LogP contribution in [-0.4, -0.2) is 36.4 Å². The lowest BCUT2D eigenvalue weighted by Crippen LogP contribution is -2.48. The highest BCUT2D eigenvalue weighted by Crippen LogP contribution is 2.32. The van der Waals surface area contributed by atoms with Gasteiger partial charge in [-0.05, 0) is 50.0 Å². The molecule has 118 valence electrons. The minimum absolute atomic E-state index is 0.209. The van der Waals surface area contributed by atoms with Crippen LogP contribution in [0.3, 0.4) is 0 Å². The molecule has 0 aromatic carbocycles. The van der Waals surface area contributed by atoms with Crippen LogP contribution in [0, 0.1) is 11.3 Å². The van der Waals surface area contributed by atoms with E-state index in [0.29, 0.717) is 12.1 Å². The highest BCUT2D eigenvalue weighted by atomic mass is 16.3. The molecule has 1 saturated heterocycles. The van der Waals surface area contributed by atoms with Crippen molar-refractivity contribution in [1.29, 1.82) is 0 Å². The van der Waals surface area contributed by atoms with Crippen LogP contribution in [0.5, 0.6) is 0 Å². The molecule has 4 unspecified atom stereocenters. The van der Waals surface area contributed by atoms with Crippen molar-refractivity contribution in [2.24, 2.45) is 11.3 Å². The summed E-state index contributed by atoms with van der Waals surface area (Å²) in [6.07, 6.45) is 8.70. The zero-order chi connectivity index (χ0) is 14.6. The van der Waals surface area contributed by atoms with Crippen molar-refractivity contribution in [1.82, 2.24) is 10.6 Å². The number of hydrogen-bond donors (Lipinski definition) is 3. The Balaban J connectivity index is 1.76. The molecule has 0 radical (unpaired) electrons. The lowest BCUT2D eigenvalue weighted by Gasteiger charge is -2.33. The van der Waals surface area contributed by atoms with Gasteiger partial charge in [-0.1, -0.05) is 33.6 Å². The summed E-state index contributed by atoms with van der Waals surface area (Å²) in [6, 6.07) is 1.32. The third-order valence-electron chi connectivity index (χ3n) is 4.90. The average molecular weight is 282 g/mol. The van der Waals surface area contributed by atoms with Gasteiger partial charge >= 0.3 is 0 Å². The zero-order valence-electron chi connectivity index (χ0n) is 13.6. The summed E-state index contributed by atoms with van der Waals surface area (Å²) in [5.74, 6) is 0.775. The smallest absolute Gasteiger partial charge is 0.0669 e. The molecule has 1 aliphatic carbocycles. The van der Waals surface area contributed by atoms with Crippen molar-refractivity contribution >= 4 is 0 Å². The molecule has 3 heteroatoms. The van der Waals surface area contributed by atoms with Gasteiger partial charge in [0.25, 0.3) is 0 Å². The van der Waals surface area contributed by atoms with Gasteiger partial charge in [0.05, 0.1) is 6.10 Å². The third-order valence-corrected chi connectivity index (χ3v) is 4.90. The van der Waals surface area contributed by atoms with Crippen LogP contribution in [0.1, 0.15) is 65.7 Å². The van der Waals surface area contributed by atoms with Crippen LogP contribution < -0.4 is 10.6 Å². The molecule has 2 rings (SSSR count). The van der Waals surface area contributed by atoms with Crippen LogP contribution >= 0.6 is 0 Å². The SMILES string of the molecule is CC(C)(C)CC(O)CNC1CCCC1C1CCCCN1. The van der Waals surface area contributed by atoms with Gasteiger partial charge < -0.3 is 15.7 Å². The minimum Gasteiger partial charge on any atom is -0.392 e. The summed E-state index contributed by atoms with van der Waals surface area (Å²) in [5.41, 5.74) is 0.209. The molecule has 1 saturated carbocycles. The van der Waals surface area contributed by atoms with Crippen molar-refractivity contribution < 1.29 is 5.11 Å². The molecule has 4 atom stereocenters. The second-order valence-electron chi connectivity index (χ2n) is 8.08. The largest absolute Gasteiger partial charge is 0.392 e. The van der Waals surface area contributed by atoms with E-state index in [9.17, 15) is 5.11 Å². The number of aliphatic hydroxyl groups excluding tert-OH is 1. The Morgan fingerprint density at radius 3 is 2.60 bits per heavy atom. The van der Waals surface area contributed by atoms with E-state index >= 15 is 0 Å². The van der Waals surface area contributed by atoms with E-state index in [4.69, 9.17) is 0 Å². The molecule has 3 N–H and O–H groups in total. The molecule has 2 fully saturated rings. The molecule has 0 amide bonds. The van der Waals surface area contributed by atoms with Gasteiger partial charge in [-0.15, -0.1) is 0 Å². The third kappa shape index (κ3) is 5.01. The van der Waals surface area contributed by atoms with Crippen LogP contribution in [0.25, 0.3) is 0 Å². The van der Waals surface area contributed by atoms with Crippen molar-refractivity contribution in [3.63, 3.8) is 0 Å². The monoisotopic (exact) mass is 282 g/mol. The van der Waals surface area contributed by atoms with E-state index in [2.05, 4.69) is 31.4 Å². The second kappa shape index (κ2) is 7.24.